The number of hydrogen-bond acceptors (Lipinski definition) is 5. The zero-order valence-electron chi connectivity index (χ0n) is 20.8. The summed E-state index contributed by atoms with van der Waals surface area (Å²) in [5.74, 6) is 1.98. The summed E-state index contributed by atoms with van der Waals surface area (Å²) >= 11 is 0. The average molecular weight is 484 g/mol. The molecule has 0 radical (unpaired) electrons. The number of rotatable bonds is 7. The van der Waals surface area contributed by atoms with Crippen LogP contribution < -0.4 is 14.9 Å². The molecule has 0 aromatic heterocycles. The van der Waals surface area contributed by atoms with E-state index >= 15 is 0 Å². The number of piperidine rings is 1. The second-order valence-corrected chi connectivity index (χ2v) is 9.60. The van der Waals surface area contributed by atoms with Crippen LogP contribution in [-0.2, 0) is 13.0 Å². The molecule has 1 amide bonds. The molecule has 0 saturated carbocycles. The van der Waals surface area contributed by atoms with Crippen molar-refractivity contribution in [3.05, 3.63) is 95.1 Å². The number of carbonyl (C=O) groups excluding carboxylic acids is 1. The van der Waals surface area contributed by atoms with Crippen molar-refractivity contribution in [3.63, 3.8) is 0 Å². The number of hydrazone groups is 1. The number of likely N-dealkylation sites (tertiary alicyclic amines) is 1. The Morgan fingerprint density at radius 2 is 1.58 bits per heavy atom. The van der Waals surface area contributed by atoms with Crippen molar-refractivity contribution in [2.45, 2.75) is 32.7 Å². The minimum atomic E-state index is -0.222. The van der Waals surface area contributed by atoms with E-state index in [-0.39, 0.29) is 5.91 Å². The van der Waals surface area contributed by atoms with Crippen LogP contribution in [0.1, 0.15) is 46.8 Å². The molecule has 36 heavy (non-hydrogen) atoms. The summed E-state index contributed by atoms with van der Waals surface area (Å²) in [5.41, 5.74) is 7.51. The van der Waals surface area contributed by atoms with Crippen molar-refractivity contribution in [2.75, 3.05) is 26.3 Å². The van der Waals surface area contributed by atoms with Crippen molar-refractivity contribution in [1.29, 1.82) is 0 Å². The van der Waals surface area contributed by atoms with Gasteiger partial charge in [0.1, 0.15) is 13.2 Å². The molecule has 3 aromatic carbocycles. The van der Waals surface area contributed by atoms with Gasteiger partial charge < -0.3 is 9.47 Å². The predicted octanol–water partition coefficient (Wildman–Crippen LogP) is 5.07. The first-order chi connectivity index (χ1) is 17.6. The van der Waals surface area contributed by atoms with E-state index in [1.807, 2.05) is 49.4 Å². The van der Waals surface area contributed by atoms with Crippen LogP contribution in [0.15, 0.2) is 77.9 Å². The fraction of sp³-hybridized carbons (Fsp3) is 0.333. The van der Waals surface area contributed by atoms with Gasteiger partial charge in [-0.2, -0.15) is 5.10 Å². The number of nitrogens with one attached hydrogen (secondary N) is 1. The normalized spacial score (nSPS) is 16.5. The Balaban J connectivity index is 1.10. The molecule has 1 saturated heterocycles. The molecule has 0 unspecified atom stereocenters. The molecule has 0 atom stereocenters. The number of ether oxygens (including phenoxy) is 2. The van der Waals surface area contributed by atoms with Gasteiger partial charge in [-0.3, -0.25) is 9.69 Å². The third-order valence-corrected chi connectivity index (χ3v) is 6.98. The van der Waals surface area contributed by atoms with E-state index < -0.39 is 0 Å². The van der Waals surface area contributed by atoms with E-state index in [4.69, 9.17) is 9.47 Å². The minimum Gasteiger partial charge on any atom is -0.486 e. The third kappa shape index (κ3) is 6.13. The van der Waals surface area contributed by atoms with Crippen molar-refractivity contribution in [3.8, 4) is 11.5 Å². The molecule has 0 spiro atoms. The Morgan fingerprint density at radius 3 is 2.33 bits per heavy atom. The molecule has 3 aromatic rings. The van der Waals surface area contributed by atoms with Gasteiger partial charge in [-0.15, -0.1) is 0 Å². The van der Waals surface area contributed by atoms with Crippen LogP contribution in [0.4, 0.5) is 0 Å². The molecule has 5 rings (SSSR count). The topological polar surface area (TPSA) is 63.2 Å². The number of carbonyl (C=O) groups is 1. The summed E-state index contributed by atoms with van der Waals surface area (Å²) in [6.07, 6.45) is 3.64. The van der Waals surface area contributed by atoms with Crippen LogP contribution in [-0.4, -0.2) is 42.8 Å². The molecular weight excluding hydrogens is 450 g/mol. The van der Waals surface area contributed by atoms with E-state index in [1.54, 1.807) is 0 Å². The third-order valence-electron chi connectivity index (χ3n) is 6.98. The van der Waals surface area contributed by atoms with Gasteiger partial charge in [0.05, 0.1) is 5.71 Å². The highest BCUT2D eigenvalue weighted by molar-refractivity contribution is 6.01. The maximum absolute atomic E-state index is 12.6. The lowest BCUT2D eigenvalue weighted by Crippen LogP contribution is -2.33. The van der Waals surface area contributed by atoms with E-state index in [1.165, 1.54) is 30.4 Å². The largest absolute Gasteiger partial charge is 0.486 e. The molecule has 186 valence electrons. The van der Waals surface area contributed by atoms with Crippen LogP contribution >= 0.6 is 0 Å². The van der Waals surface area contributed by atoms with Crippen LogP contribution in [0.25, 0.3) is 0 Å². The van der Waals surface area contributed by atoms with Crippen molar-refractivity contribution in [1.82, 2.24) is 10.3 Å². The lowest BCUT2D eigenvalue weighted by atomic mass is 9.90. The minimum absolute atomic E-state index is 0.222. The highest BCUT2D eigenvalue weighted by atomic mass is 16.6. The van der Waals surface area contributed by atoms with E-state index in [0.29, 0.717) is 30.2 Å². The first-order valence-corrected chi connectivity index (χ1v) is 12.7. The molecule has 2 aliphatic rings. The number of nitrogens with zero attached hydrogens (tertiary/aromatic N) is 2. The van der Waals surface area contributed by atoms with Gasteiger partial charge in [-0.1, -0.05) is 42.5 Å². The smallest absolute Gasteiger partial charge is 0.271 e. The standard InChI is InChI=1S/C30H33N3O3/c1-22(27-11-12-28-29(20-27)36-18-17-35-28)31-32-30(34)26-9-7-25(8-10-26)21-33-15-13-24(14-16-33)19-23-5-3-2-4-6-23/h2-12,20,24H,13-19,21H2,1H3,(H,32,34)/b31-22-. The summed E-state index contributed by atoms with van der Waals surface area (Å²) < 4.78 is 11.2. The summed E-state index contributed by atoms with van der Waals surface area (Å²) in [6, 6.07) is 24.3. The summed E-state index contributed by atoms with van der Waals surface area (Å²) in [6.45, 7) is 6.10. The van der Waals surface area contributed by atoms with E-state index in [9.17, 15) is 4.79 Å². The molecule has 6 heteroatoms. The fourth-order valence-corrected chi connectivity index (χ4v) is 4.85. The van der Waals surface area contributed by atoms with Gasteiger partial charge in [0.15, 0.2) is 11.5 Å². The molecule has 1 N–H and O–H groups in total. The number of fused-ring (bicyclic) bond motifs is 1. The van der Waals surface area contributed by atoms with Crippen LogP contribution in [0.3, 0.4) is 0 Å². The van der Waals surface area contributed by atoms with Crippen LogP contribution in [0.2, 0.25) is 0 Å². The van der Waals surface area contributed by atoms with Gasteiger partial charge in [-0.25, -0.2) is 5.43 Å². The predicted molar refractivity (Wildman–Crippen MR) is 142 cm³/mol. The van der Waals surface area contributed by atoms with Crippen molar-refractivity contribution < 1.29 is 14.3 Å². The van der Waals surface area contributed by atoms with Crippen LogP contribution in [0.5, 0.6) is 11.5 Å². The molecular formula is C30H33N3O3. The fourth-order valence-electron chi connectivity index (χ4n) is 4.85. The quantitative estimate of drug-likeness (QED) is 0.377. The zero-order valence-corrected chi connectivity index (χ0v) is 20.8. The maximum Gasteiger partial charge on any atom is 0.271 e. The Hall–Kier alpha value is -3.64. The molecule has 0 bridgehead atoms. The first-order valence-electron chi connectivity index (χ1n) is 12.7. The second-order valence-electron chi connectivity index (χ2n) is 9.60. The SMILES string of the molecule is C/C(=N/NC(=O)c1ccc(CN2CCC(Cc3ccccc3)CC2)cc1)c1ccc2c(c1)OCCO2. The summed E-state index contributed by atoms with van der Waals surface area (Å²) in [4.78, 5) is 15.1. The highest BCUT2D eigenvalue weighted by Gasteiger charge is 2.19. The van der Waals surface area contributed by atoms with Crippen molar-refractivity contribution in [2.24, 2.45) is 11.0 Å². The van der Waals surface area contributed by atoms with Gasteiger partial charge >= 0.3 is 0 Å². The molecule has 2 aliphatic heterocycles. The summed E-state index contributed by atoms with van der Waals surface area (Å²) in [5, 5.41) is 4.29. The average Bonchev–Trinajstić information content (AvgIpc) is 2.93. The Labute approximate surface area is 212 Å². The Kier molecular flexibility index (Phi) is 7.62. The van der Waals surface area contributed by atoms with E-state index in [2.05, 4.69) is 45.8 Å². The molecule has 6 nitrogen and oxygen atoms in total. The highest BCUT2D eigenvalue weighted by Crippen LogP contribution is 2.31. The van der Waals surface area contributed by atoms with Gasteiger partial charge in [0.25, 0.3) is 5.91 Å². The van der Waals surface area contributed by atoms with E-state index in [0.717, 1.165) is 36.9 Å². The van der Waals surface area contributed by atoms with Gasteiger partial charge in [-0.05, 0) is 86.7 Å². The number of benzene rings is 3. The molecule has 0 aliphatic carbocycles. The lowest BCUT2D eigenvalue weighted by Gasteiger charge is -2.32. The van der Waals surface area contributed by atoms with Crippen LogP contribution in [0, 0.1) is 5.92 Å². The second kappa shape index (κ2) is 11.4. The first kappa shape index (κ1) is 24.1. The maximum atomic E-state index is 12.6. The van der Waals surface area contributed by atoms with Gasteiger partial charge in [0, 0.05) is 17.7 Å². The Bertz CT molecular complexity index is 1200. The Morgan fingerprint density at radius 1 is 0.889 bits per heavy atom. The summed E-state index contributed by atoms with van der Waals surface area (Å²) in [7, 11) is 0. The molecule has 2 heterocycles. The van der Waals surface area contributed by atoms with Gasteiger partial charge in [0.2, 0.25) is 0 Å². The monoisotopic (exact) mass is 483 g/mol. The molecule has 1 fully saturated rings. The number of amides is 1. The van der Waals surface area contributed by atoms with Crippen molar-refractivity contribution >= 4 is 11.6 Å². The lowest BCUT2D eigenvalue weighted by molar-refractivity contribution is 0.0954. The number of hydrogen-bond donors (Lipinski definition) is 1. The zero-order chi connectivity index (χ0) is 24.7.